The average Bonchev–Trinajstić information content (AvgIpc) is 2.25. The fourth-order valence-electron chi connectivity index (χ4n) is 1.92. The molecule has 1 rings (SSSR count). The second-order valence-electron chi connectivity index (χ2n) is 4.82. The number of benzene rings is 1. The van der Waals surface area contributed by atoms with Crippen LogP contribution in [0, 0.1) is 13.8 Å². The Morgan fingerprint density at radius 3 is 2.15 bits per heavy atom. The summed E-state index contributed by atoms with van der Waals surface area (Å²) in [6.45, 7) is 3.56. The smallest absolute Gasteiger partial charge is 0.238 e. The Labute approximate surface area is 119 Å². The second kappa shape index (κ2) is 6.23. The van der Waals surface area contributed by atoms with E-state index in [1.165, 1.54) is 4.90 Å². The van der Waals surface area contributed by atoms with Gasteiger partial charge in [0.1, 0.15) is 5.75 Å². The standard InChI is InChI=1S/C13H20N2O4S/c1-9-7-11(19-6-5-12(16)15(3)4)8-10(2)13(9)20(14,17)18/h7-8H,5-6H2,1-4H3,(H2,14,17,18). The molecule has 1 amide bonds. The molecule has 0 saturated heterocycles. The van der Waals surface area contributed by atoms with Gasteiger partial charge >= 0.3 is 0 Å². The molecule has 0 atom stereocenters. The van der Waals surface area contributed by atoms with E-state index in [2.05, 4.69) is 0 Å². The number of ether oxygens (including phenoxy) is 1. The summed E-state index contributed by atoms with van der Waals surface area (Å²) in [6, 6.07) is 3.21. The summed E-state index contributed by atoms with van der Waals surface area (Å²) in [6.07, 6.45) is 0.266. The fourth-order valence-corrected chi connectivity index (χ4v) is 2.94. The summed E-state index contributed by atoms with van der Waals surface area (Å²) >= 11 is 0. The Balaban J connectivity index is 2.83. The summed E-state index contributed by atoms with van der Waals surface area (Å²) < 4.78 is 28.4. The van der Waals surface area contributed by atoms with E-state index in [1.54, 1.807) is 40.1 Å². The first-order valence-electron chi connectivity index (χ1n) is 6.10. The number of nitrogens with zero attached hydrogens (tertiary/aromatic N) is 1. The van der Waals surface area contributed by atoms with Crippen LogP contribution in [0.1, 0.15) is 17.5 Å². The van der Waals surface area contributed by atoms with E-state index >= 15 is 0 Å². The highest BCUT2D eigenvalue weighted by Gasteiger charge is 2.16. The normalized spacial score (nSPS) is 11.2. The Morgan fingerprint density at radius 1 is 1.25 bits per heavy atom. The first-order chi connectivity index (χ1) is 9.12. The highest BCUT2D eigenvalue weighted by atomic mass is 32.2. The van der Waals surface area contributed by atoms with E-state index in [9.17, 15) is 13.2 Å². The van der Waals surface area contributed by atoms with E-state index in [0.29, 0.717) is 16.9 Å². The number of amides is 1. The summed E-state index contributed by atoms with van der Waals surface area (Å²) in [5.41, 5.74) is 1.06. The quantitative estimate of drug-likeness (QED) is 0.871. The first-order valence-corrected chi connectivity index (χ1v) is 7.64. The lowest BCUT2D eigenvalue weighted by Crippen LogP contribution is -2.23. The first kappa shape index (κ1) is 16.5. The van der Waals surface area contributed by atoms with Crippen molar-refractivity contribution in [2.24, 2.45) is 5.14 Å². The number of carbonyl (C=O) groups excluding carboxylic acids is 1. The van der Waals surface area contributed by atoms with Crippen LogP contribution in [0.25, 0.3) is 0 Å². The van der Waals surface area contributed by atoms with Crippen LogP contribution >= 0.6 is 0 Å². The van der Waals surface area contributed by atoms with E-state index < -0.39 is 10.0 Å². The summed E-state index contributed by atoms with van der Waals surface area (Å²) in [5, 5.41) is 5.16. The zero-order valence-electron chi connectivity index (χ0n) is 12.1. The second-order valence-corrected chi connectivity index (χ2v) is 6.32. The largest absolute Gasteiger partial charge is 0.493 e. The van der Waals surface area contributed by atoms with Crippen LogP contribution in [0.3, 0.4) is 0 Å². The van der Waals surface area contributed by atoms with Crippen molar-refractivity contribution < 1.29 is 17.9 Å². The molecule has 0 aliphatic carbocycles. The minimum atomic E-state index is -3.74. The molecule has 0 radical (unpaired) electrons. The van der Waals surface area contributed by atoms with Crippen molar-refractivity contribution in [3.05, 3.63) is 23.3 Å². The average molecular weight is 300 g/mol. The predicted molar refractivity (Wildman–Crippen MR) is 76.1 cm³/mol. The number of hydrogen-bond donors (Lipinski definition) is 1. The molecule has 0 bridgehead atoms. The maximum absolute atomic E-state index is 11.5. The van der Waals surface area contributed by atoms with Crippen molar-refractivity contribution in [1.29, 1.82) is 0 Å². The predicted octanol–water partition coefficient (Wildman–Crippen LogP) is 0.808. The molecule has 0 aliphatic heterocycles. The van der Waals surface area contributed by atoms with E-state index in [1.807, 2.05) is 0 Å². The number of sulfonamides is 1. The van der Waals surface area contributed by atoms with Crippen LogP contribution < -0.4 is 9.88 Å². The lowest BCUT2D eigenvalue weighted by atomic mass is 10.1. The molecule has 0 aliphatic rings. The van der Waals surface area contributed by atoms with Crippen molar-refractivity contribution >= 4 is 15.9 Å². The van der Waals surface area contributed by atoms with Crippen LogP contribution in [0.15, 0.2) is 17.0 Å². The number of rotatable bonds is 5. The van der Waals surface area contributed by atoms with E-state index in [0.717, 1.165) is 0 Å². The SMILES string of the molecule is Cc1cc(OCCC(=O)N(C)C)cc(C)c1S(N)(=O)=O. The van der Waals surface area contributed by atoms with Gasteiger partial charge in [0.25, 0.3) is 0 Å². The topological polar surface area (TPSA) is 89.7 Å². The molecule has 20 heavy (non-hydrogen) atoms. The number of primary sulfonamides is 1. The van der Waals surface area contributed by atoms with Crippen molar-refractivity contribution in [1.82, 2.24) is 4.90 Å². The molecule has 0 saturated carbocycles. The number of aryl methyl sites for hydroxylation is 2. The third-order valence-corrected chi connectivity index (χ3v) is 4.01. The van der Waals surface area contributed by atoms with Crippen LogP contribution in [0.2, 0.25) is 0 Å². The monoisotopic (exact) mass is 300 g/mol. The third-order valence-electron chi connectivity index (χ3n) is 2.80. The van der Waals surface area contributed by atoms with E-state index in [-0.39, 0.29) is 23.8 Å². The Hall–Kier alpha value is -1.60. The van der Waals surface area contributed by atoms with Gasteiger partial charge in [-0.15, -0.1) is 0 Å². The van der Waals surface area contributed by atoms with Gasteiger partial charge in [0.05, 0.1) is 17.9 Å². The van der Waals surface area contributed by atoms with Crippen molar-refractivity contribution in [3.8, 4) is 5.75 Å². The highest BCUT2D eigenvalue weighted by molar-refractivity contribution is 7.89. The fraction of sp³-hybridized carbons (Fsp3) is 0.462. The lowest BCUT2D eigenvalue weighted by Gasteiger charge is -2.13. The van der Waals surface area contributed by atoms with Gasteiger partial charge in [0.15, 0.2) is 0 Å². The molecule has 7 heteroatoms. The molecular weight excluding hydrogens is 280 g/mol. The van der Waals surface area contributed by atoms with Crippen LogP contribution in [-0.2, 0) is 14.8 Å². The zero-order valence-corrected chi connectivity index (χ0v) is 13.0. The number of carbonyl (C=O) groups is 1. The highest BCUT2D eigenvalue weighted by Crippen LogP contribution is 2.24. The Bertz CT molecular complexity index is 586. The van der Waals surface area contributed by atoms with Crippen LogP contribution in [-0.4, -0.2) is 39.9 Å². The summed E-state index contributed by atoms with van der Waals surface area (Å²) in [7, 11) is -0.386. The van der Waals surface area contributed by atoms with Gasteiger partial charge in [-0.1, -0.05) is 0 Å². The Morgan fingerprint density at radius 2 is 1.75 bits per heavy atom. The molecule has 2 N–H and O–H groups in total. The minimum Gasteiger partial charge on any atom is -0.493 e. The maximum Gasteiger partial charge on any atom is 0.238 e. The van der Waals surface area contributed by atoms with Crippen LogP contribution in [0.5, 0.6) is 5.75 Å². The van der Waals surface area contributed by atoms with Crippen molar-refractivity contribution in [3.63, 3.8) is 0 Å². The molecule has 0 unspecified atom stereocenters. The summed E-state index contributed by atoms with van der Waals surface area (Å²) in [5.74, 6) is 0.499. The van der Waals surface area contributed by atoms with Gasteiger partial charge in [-0.2, -0.15) is 0 Å². The van der Waals surface area contributed by atoms with Crippen molar-refractivity contribution in [2.45, 2.75) is 25.2 Å². The molecule has 112 valence electrons. The van der Waals surface area contributed by atoms with Gasteiger partial charge in [-0.05, 0) is 37.1 Å². The number of nitrogens with two attached hydrogens (primary N) is 1. The van der Waals surface area contributed by atoms with Gasteiger partial charge in [-0.25, -0.2) is 13.6 Å². The van der Waals surface area contributed by atoms with E-state index in [4.69, 9.17) is 9.88 Å². The molecule has 1 aromatic carbocycles. The van der Waals surface area contributed by atoms with Gasteiger partial charge < -0.3 is 9.64 Å². The Kier molecular flexibility index (Phi) is 5.13. The third kappa shape index (κ3) is 4.21. The molecule has 0 spiro atoms. The van der Waals surface area contributed by atoms with Gasteiger partial charge in [-0.3, -0.25) is 4.79 Å². The lowest BCUT2D eigenvalue weighted by molar-refractivity contribution is -0.129. The van der Waals surface area contributed by atoms with Crippen LogP contribution in [0.4, 0.5) is 0 Å². The molecule has 1 aromatic rings. The zero-order chi connectivity index (χ0) is 15.5. The molecule has 0 fully saturated rings. The molecule has 0 aromatic heterocycles. The number of hydrogen-bond acceptors (Lipinski definition) is 4. The summed E-state index contributed by atoms with van der Waals surface area (Å²) in [4.78, 5) is 13.0. The minimum absolute atomic E-state index is 0.0281. The van der Waals surface area contributed by atoms with Crippen molar-refractivity contribution in [2.75, 3.05) is 20.7 Å². The van der Waals surface area contributed by atoms with Gasteiger partial charge in [0, 0.05) is 14.1 Å². The van der Waals surface area contributed by atoms with Gasteiger partial charge in [0.2, 0.25) is 15.9 Å². The molecule has 0 heterocycles. The maximum atomic E-state index is 11.5. The molecule has 6 nitrogen and oxygen atoms in total. The molecular formula is C13H20N2O4S.